The highest BCUT2D eigenvalue weighted by molar-refractivity contribution is 7.80. The summed E-state index contributed by atoms with van der Waals surface area (Å²) in [5, 5.41) is 23.9. The number of rotatable bonds is 6. The second kappa shape index (κ2) is 9.51. The molecule has 0 unspecified atom stereocenters. The number of fused-ring (bicyclic) bond motifs is 1. The number of hydrogen-bond donors (Lipinski definition) is 3. The molecule has 2 rings (SSSR count). The number of phenolic OH excluding ortho intramolecular Hbond substituents is 2. The van der Waals surface area contributed by atoms with Crippen molar-refractivity contribution >= 4 is 40.5 Å². The number of nitrogens with one attached hydrogen (secondary N) is 1. The van der Waals surface area contributed by atoms with E-state index in [4.69, 9.17) is 35.4 Å². The van der Waals surface area contributed by atoms with Gasteiger partial charge < -0.3 is 20.4 Å². The third-order valence-corrected chi connectivity index (χ3v) is 5.53. The second-order valence-electron chi connectivity index (χ2n) is 6.11. The van der Waals surface area contributed by atoms with E-state index in [1.54, 1.807) is 0 Å². The fourth-order valence-corrected chi connectivity index (χ4v) is 3.65. The lowest BCUT2D eigenvalue weighted by Gasteiger charge is -2.32. The van der Waals surface area contributed by atoms with Crippen LogP contribution in [0, 0.1) is 0 Å². The number of benzene rings is 1. The molecule has 1 aromatic rings. The van der Waals surface area contributed by atoms with E-state index >= 15 is 0 Å². The van der Waals surface area contributed by atoms with Crippen LogP contribution in [0.15, 0.2) is 12.2 Å². The topological polar surface area (TPSA) is 55.7 Å². The summed E-state index contributed by atoms with van der Waals surface area (Å²) >= 11 is 17.8. The average molecular weight is 403 g/mol. The van der Waals surface area contributed by atoms with Crippen molar-refractivity contribution in [2.75, 3.05) is 13.1 Å². The van der Waals surface area contributed by atoms with Crippen molar-refractivity contribution in [3.63, 3.8) is 0 Å². The third kappa shape index (κ3) is 4.93. The summed E-state index contributed by atoms with van der Waals surface area (Å²) < 4.78 is 0. The van der Waals surface area contributed by atoms with Gasteiger partial charge in [0.05, 0.1) is 10.0 Å². The van der Waals surface area contributed by atoms with E-state index in [9.17, 15) is 10.2 Å². The van der Waals surface area contributed by atoms with Gasteiger partial charge >= 0.3 is 0 Å². The Morgan fingerprint density at radius 1 is 1.16 bits per heavy atom. The Labute approximate surface area is 164 Å². The van der Waals surface area contributed by atoms with Crippen molar-refractivity contribution in [2.24, 2.45) is 0 Å². The fraction of sp³-hybridized carbons (Fsp3) is 0.500. The summed E-state index contributed by atoms with van der Waals surface area (Å²) in [5.74, 6) is -0.728. The lowest BCUT2D eigenvalue weighted by Crippen LogP contribution is -2.42. The first-order valence-corrected chi connectivity index (χ1v) is 9.72. The Kier molecular flexibility index (Phi) is 7.66. The molecule has 4 nitrogen and oxygen atoms in total. The van der Waals surface area contributed by atoms with E-state index in [2.05, 4.69) is 24.4 Å². The molecule has 0 aliphatic carbocycles. The van der Waals surface area contributed by atoms with Crippen LogP contribution in [0.3, 0.4) is 0 Å². The zero-order valence-electron chi connectivity index (χ0n) is 14.3. The quantitative estimate of drug-likeness (QED) is 0.276. The second-order valence-corrected chi connectivity index (χ2v) is 7.25. The van der Waals surface area contributed by atoms with E-state index in [-0.39, 0.29) is 21.5 Å². The van der Waals surface area contributed by atoms with E-state index in [0.29, 0.717) is 36.7 Å². The first-order valence-electron chi connectivity index (χ1n) is 8.55. The summed E-state index contributed by atoms with van der Waals surface area (Å²) in [6.07, 6.45) is 9.67. The van der Waals surface area contributed by atoms with Crippen molar-refractivity contribution < 1.29 is 10.2 Å². The predicted molar refractivity (Wildman–Crippen MR) is 108 cm³/mol. The van der Waals surface area contributed by atoms with Crippen LogP contribution in [0.4, 0.5) is 0 Å². The molecule has 0 saturated heterocycles. The van der Waals surface area contributed by atoms with E-state index in [0.717, 1.165) is 12.0 Å². The molecular weight excluding hydrogens is 379 g/mol. The molecular formula is C18H24Cl2N2O2S. The van der Waals surface area contributed by atoms with Crippen LogP contribution in [-0.2, 0) is 13.0 Å². The van der Waals surface area contributed by atoms with Gasteiger partial charge in [-0.2, -0.15) is 0 Å². The molecule has 3 N–H and O–H groups in total. The first-order chi connectivity index (χ1) is 12.0. The largest absolute Gasteiger partial charge is 0.503 e. The smallest absolute Gasteiger partial charge is 0.178 e. The molecule has 138 valence electrons. The van der Waals surface area contributed by atoms with Gasteiger partial charge in [0, 0.05) is 19.6 Å². The fourth-order valence-electron chi connectivity index (χ4n) is 2.85. The van der Waals surface area contributed by atoms with Crippen molar-refractivity contribution in [2.45, 2.75) is 45.6 Å². The molecule has 25 heavy (non-hydrogen) atoms. The summed E-state index contributed by atoms with van der Waals surface area (Å²) in [7, 11) is 0. The minimum atomic E-state index is -0.374. The maximum Gasteiger partial charge on any atom is 0.178 e. The van der Waals surface area contributed by atoms with Gasteiger partial charge in [-0.3, -0.25) is 0 Å². The van der Waals surface area contributed by atoms with Gasteiger partial charge in [0.2, 0.25) is 0 Å². The van der Waals surface area contributed by atoms with Crippen molar-refractivity contribution in [1.29, 1.82) is 0 Å². The van der Waals surface area contributed by atoms with Gasteiger partial charge in [-0.15, -0.1) is 0 Å². The number of hydrogen-bond acceptors (Lipinski definition) is 3. The first kappa shape index (κ1) is 20.1. The SMILES string of the molecule is CCCCC/C=C/CNC(=S)N1CCc2c(Cl)c(O)c(O)c(Cl)c2C1. The molecule has 0 saturated carbocycles. The maximum atomic E-state index is 9.89. The number of thiocarbonyl (C=S) groups is 1. The van der Waals surface area contributed by atoms with Gasteiger partial charge in [-0.05, 0) is 42.6 Å². The summed E-state index contributed by atoms with van der Waals surface area (Å²) in [5.41, 5.74) is 1.49. The summed E-state index contributed by atoms with van der Waals surface area (Å²) in [6.45, 7) is 4.01. The summed E-state index contributed by atoms with van der Waals surface area (Å²) in [6, 6.07) is 0. The van der Waals surface area contributed by atoms with Crippen molar-refractivity contribution in [3.05, 3.63) is 33.3 Å². The summed E-state index contributed by atoms with van der Waals surface area (Å²) in [4.78, 5) is 1.99. The van der Waals surface area contributed by atoms with Gasteiger partial charge in [-0.25, -0.2) is 0 Å². The lowest BCUT2D eigenvalue weighted by atomic mass is 9.98. The number of halogens is 2. The predicted octanol–water partition coefficient (Wildman–Crippen LogP) is 4.77. The molecule has 0 spiro atoms. The Hall–Kier alpha value is -1.17. The average Bonchev–Trinajstić information content (AvgIpc) is 2.63. The van der Waals surface area contributed by atoms with Crippen molar-refractivity contribution in [3.8, 4) is 11.5 Å². The van der Waals surface area contributed by atoms with Crippen molar-refractivity contribution in [1.82, 2.24) is 10.2 Å². The molecule has 1 aliphatic rings. The molecule has 0 radical (unpaired) electrons. The monoisotopic (exact) mass is 402 g/mol. The Morgan fingerprint density at radius 3 is 2.52 bits per heavy atom. The van der Waals surface area contributed by atoms with Crippen LogP contribution < -0.4 is 5.32 Å². The zero-order valence-corrected chi connectivity index (χ0v) is 16.6. The third-order valence-electron chi connectivity index (χ3n) is 4.31. The van der Waals surface area contributed by atoms with Crippen LogP contribution in [0.2, 0.25) is 10.0 Å². The number of nitrogens with zero attached hydrogens (tertiary/aromatic N) is 1. The minimum absolute atomic E-state index is 0.139. The number of aromatic hydroxyl groups is 2. The number of unbranched alkanes of at least 4 members (excludes halogenated alkanes) is 3. The van der Waals surface area contributed by atoms with E-state index < -0.39 is 0 Å². The van der Waals surface area contributed by atoms with Crippen LogP contribution >= 0.6 is 35.4 Å². The Morgan fingerprint density at radius 2 is 1.84 bits per heavy atom. The molecule has 1 aromatic carbocycles. The molecule has 0 atom stereocenters. The highest BCUT2D eigenvalue weighted by atomic mass is 35.5. The van der Waals surface area contributed by atoms with Crippen LogP contribution in [0.5, 0.6) is 11.5 Å². The maximum absolute atomic E-state index is 9.89. The zero-order chi connectivity index (χ0) is 18.4. The molecule has 0 bridgehead atoms. The van der Waals surface area contributed by atoms with Crippen LogP contribution in [0.25, 0.3) is 0 Å². The van der Waals surface area contributed by atoms with E-state index in [1.165, 1.54) is 19.3 Å². The molecule has 0 amide bonds. The normalized spacial score (nSPS) is 14.0. The number of allylic oxidation sites excluding steroid dienone is 1. The van der Waals surface area contributed by atoms with Gasteiger partial charge in [-0.1, -0.05) is 55.1 Å². The van der Waals surface area contributed by atoms with Crippen LogP contribution in [0.1, 0.15) is 43.7 Å². The van der Waals surface area contributed by atoms with Gasteiger partial charge in [0.25, 0.3) is 0 Å². The molecule has 1 aliphatic heterocycles. The van der Waals surface area contributed by atoms with Gasteiger partial charge in [0.15, 0.2) is 16.6 Å². The number of phenols is 2. The highest BCUT2D eigenvalue weighted by Gasteiger charge is 2.27. The molecule has 0 aromatic heterocycles. The lowest BCUT2D eigenvalue weighted by molar-refractivity contribution is 0.376. The Balaban J connectivity index is 1.93. The molecule has 7 heteroatoms. The van der Waals surface area contributed by atoms with E-state index in [1.807, 2.05) is 4.90 Å². The molecule has 1 heterocycles. The highest BCUT2D eigenvalue weighted by Crippen LogP contribution is 2.46. The van der Waals surface area contributed by atoms with Gasteiger partial charge in [0.1, 0.15) is 0 Å². The minimum Gasteiger partial charge on any atom is -0.503 e. The standard InChI is InChI=1S/C18H24Cl2N2O2S/c1-2-3-4-5-6-7-9-21-18(25)22-10-8-12-13(11-22)15(20)17(24)16(23)14(12)19/h6-7,23-24H,2-5,8-11H2,1H3,(H,21,25)/b7-6+. The molecule has 0 fully saturated rings. The Bertz CT molecular complexity index is 665. The van der Waals surface area contributed by atoms with Crippen LogP contribution in [-0.4, -0.2) is 33.3 Å².